The zero-order valence-electron chi connectivity index (χ0n) is 14.0. The number of carbonyl (C=O) groups excluding carboxylic acids is 1. The van der Waals surface area contributed by atoms with Gasteiger partial charge in [-0.1, -0.05) is 37.3 Å². The lowest BCUT2D eigenvalue weighted by atomic mass is 10.1. The Bertz CT molecular complexity index is 777. The van der Waals surface area contributed by atoms with Gasteiger partial charge in [-0.15, -0.1) is 0 Å². The van der Waals surface area contributed by atoms with Crippen LogP contribution in [0.2, 0.25) is 0 Å². The van der Waals surface area contributed by atoms with Crippen LogP contribution in [-0.4, -0.2) is 5.91 Å². The van der Waals surface area contributed by atoms with Crippen LogP contribution < -0.4 is 10.9 Å². The van der Waals surface area contributed by atoms with Crippen LogP contribution in [-0.2, 0) is 11.2 Å². The summed E-state index contributed by atoms with van der Waals surface area (Å²) in [6.07, 6.45) is 3.21. The third-order valence-corrected chi connectivity index (χ3v) is 3.63. The molecule has 0 fully saturated rings. The second kappa shape index (κ2) is 8.15. The van der Waals surface area contributed by atoms with Gasteiger partial charge in [0.05, 0.1) is 5.56 Å². The van der Waals surface area contributed by atoms with Crippen LogP contribution >= 0.6 is 0 Å². The Balaban J connectivity index is 2.10. The van der Waals surface area contributed by atoms with E-state index in [0.29, 0.717) is 23.4 Å². The van der Waals surface area contributed by atoms with Gasteiger partial charge in [0.25, 0.3) is 5.91 Å². The average Bonchev–Trinajstić information content (AvgIpc) is 2.61. The predicted molar refractivity (Wildman–Crippen MR) is 91.5 cm³/mol. The van der Waals surface area contributed by atoms with Gasteiger partial charge in [0, 0.05) is 6.07 Å². The lowest BCUT2D eigenvalue weighted by molar-refractivity contribution is 0.0838. The van der Waals surface area contributed by atoms with Crippen molar-refractivity contribution in [3.63, 3.8) is 0 Å². The van der Waals surface area contributed by atoms with Gasteiger partial charge >= 0.3 is 5.63 Å². The molecule has 1 unspecified atom stereocenters. The highest BCUT2D eigenvalue weighted by Gasteiger charge is 2.16. The molecule has 1 N–H and O–H groups in total. The molecule has 2 aromatic rings. The summed E-state index contributed by atoms with van der Waals surface area (Å²) in [7, 11) is 0. The number of amides is 1. The fourth-order valence-corrected chi connectivity index (χ4v) is 2.27. The molecule has 5 heteroatoms. The summed E-state index contributed by atoms with van der Waals surface area (Å²) in [6.45, 7) is 5.55. The van der Waals surface area contributed by atoms with Crippen LogP contribution in [0.4, 0.5) is 0 Å². The van der Waals surface area contributed by atoms with E-state index in [4.69, 9.17) is 9.15 Å². The number of nitrogens with one attached hydrogen (secondary N) is 1. The van der Waals surface area contributed by atoms with Crippen molar-refractivity contribution in [3.8, 4) is 0 Å². The van der Waals surface area contributed by atoms with Gasteiger partial charge in [-0.3, -0.25) is 10.1 Å². The van der Waals surface area contributed by atoms with E-state index < -0.39 is 5.63 Å². The van der Waals surface area contributed by atoms with E-state index >= 15 is 0 Å². The van der Waals surface area contributed by atoms with Crippen LogP contribution in [0.1, 0.15) is 48.4 Å². The van der Waals surface area contributed by atoms with Crippen molar-refractivity contribution < 1.29 is 13.9 Å². The fraction of sp³-hybridized carbons (Fsp3) is 0.263. The summed E-state index contributed by atoms with van der Waals surface area (Å²) in [5.74, 6) is -0.0198. The minimum absolute atomic E-state index is 0.211. The summed E-state index contributed by atoms with van der Waals surface area (Å²) >= 11 is 0. The molecule has 126 valence electrons. The van der Waals surface area contributed by atoms with E-state index in [1.807, 2.05) is 44.2 Å². The number of benzene rings is 1. The molecule has 0 aliphatic rings. The Morgan fingerprint density at radius 3 is 2.67 bits per heavy atom. The first kappa shape index (κ1) is 17.5. The molecule has 0 radical (unpaired) electrons. The maximum Gasteiger partial charge on any atom is 0.335 e. The fourth-order valence-electron chi connectivity index (χ4n) is 2.27. The largest absolute Gasteiger partial charge is 0.471 e. The second-order valence-corrected chi connectivity index (χ2v) is 5.27. The number of ether oxygens (including phenoxy) is 1. The molecule has 0 saturated heterocycles. The summed E-state index contributed by atoms with van der Waals surface area (Å²) < 4.78 is 10.6. The van der Waals surface area contributed by atoms with E-state index in [2.05, 4.69) is 5.32 Å². The average molecular weight is 327 g/mol. The number of rotatable bonds is 6. The first-order valence-electron chi connectivity index (χ1n) is 7.86. The van der Waals surface area contributed by atoms with E-state index in [-0.39, 0.29) is 12.0 Å². The molecule has 24 heavy (non-hydrogen) atoms. The summed E-state index contributed by atoms with van der Waals surface area (Å²) in [6, 6.07) is 11.1. The van der Waals surface area contributed by atoms with Gasteiger partial charge in [0.15, 0.2) is 5.88 Å². The third kappa shape index (κ3) is 4.35. The SMILES string of the molecule is C/C=C(/NC(=O)c1coc(=O)cc1CC)OC(C)c1ccccc1. The summed E-state index contributed by atoms with van der Waals surface area (Å²) in [5, 5.41) is 2.72. The van der Waals surface area contributed by atoms with Gasteiger partial charge in [-0.25, -0.2) is 4.79 Å². The van der Waals surface area contributed by atoms with Crippen molar-refractivity contribution in [2.75, 3.05) is 0 Å². The summed E-state index contributed by atoms with van der Waals surface area (Å²) in [4.78, 5) is 23.7. The Morgan fingerprint density at radius 2 is 2.04 bits per heavy atom. The molecule has 1 aromatic carbocycles. The number of carbonyl (C=O) groups is 1. The molecule has 0 aliphatic heterocycles. The Kier molecular flexibility index (Phi) is 5.95. The molecule has 0 bridgehead atoms. The molecule has 0 spiro atoms. The van der Waals surface area contributed by atoms with Crippen molar-refractivity contribution in [1.29, 1.82) is 0 Å². The van der Waals surface area contributed by atoms with E-state index in [1.54, 1.807) is 13.0 Å². The van der Waals surface area contributed by atoms with Crippen molar-refractivity contribution in [2.24, 2.45) is 0 Å². The van der Waals surface area contributed by atoms with Crippen LogP contribution in [0.25, 0.3) is 0 Å². The molecule has 1 amide bonds. The predicted octanol–water partition coefficient (Wildman–Crippen LogP) is 3.57. The lowest BCUT2D eigenvalue weighted by Crippen LogP contribution is -2.26. The highest BCUT2D eigenvalue weighted by molar-refractivity contribution is 5.96. The highest BCUT2D eigenvalue weighted by Crippen LogP contribution is 2.19. The van der Waals surface area contributed by atoms with Gasteiger partial charge in [0.2, 0.25) is 0 Å². The molecular formula is C19H21NO4. The second-order valence-electron chi connectivity index (χ2n) is 5.27. The van der Waals surface area contributed by atoms with Crippen LogP contribution in [0.3, 0.4) is 0 Å². The molecule has 2 rings (SSSR count). The quantitative estimate of drug-likeness (QED) is 0.824. The normalized spacial score (nSPS) is 12.5. The van der Waals surface area contributed by atoms with E-state index in [0.717, 1.165) is 5.56 Å². The Labute approximate surface area is 141 Å². The molecule has 1 heterocycles. The monoisotopic (exact) mass is 327 g/mol. The van der Waals surface area contributed by atoms with Gasteiger partial charge in [-0.05, 0) is 37.5 Å². The van der Waals surface area contributed by atoms with Crippen LogP contribution in [0.15, 0.2) is 63.8 Å². The maximum absolute atomic E-state index is 12.4. The molecule has 1 aromatic heterocycles. The zero-order chi connectivity index (χ0) is 17.5. The first-order valence-corrected chi connectivity index (χ1v) is 7.86. The van der Waals surface area contributed by atoms with Crippen molar-refractivity contribution in [2.45, 2.75) is 33.3 Å². The van der Waals surface area contributed by atoms with E-state index in [1.165, 1.54) is 12.3 Å². The number of hydrogen-bond acceptors (Lipinski definition) is 4. The number of allylic oxidation sites excluding steroid dienone is 1. The Morgan fingerprint density at radius 1 is 1.33 bits per heavy atom. The standard InChI is InChI=1S/C19H21NO4/c1-4-14-11-18(21)23-12-16(14)19(22)20-17(5-2)24-13(3)15-9-7-6-8-10-15/h5-13H,4H2,1-3H3,(H,20,22)/b17-5-. The molecule has 0 aliphatic carbocycles. The Hall–Kier alpha value is -2.82. The molecular weight excluding hydrogens is 306 g/mol. The topological polar surface area (TPSA) is 68.5 Å². The van der Waals surface area contributed by atoms with Crippen molar-refractivity contribution >= 4 is 5.91 Å². The van der Waals surface area contributed by atoms with Crippen LogP contribution in [0.5, 0.6) is 0 Å². The molecule has 0 saturated carbocycles. The van der Waals surface area contributed by atoms with Crippen molar-refractivity contribution in [3.05, 3.63) is 81.7 Å². The van der Waals surface area contributed by atoms with Gasteiger partial charge in [0.1, 0.15) is 12.4 Å². The van der Waals surface area contributed by atoms with Gasteiger partial charge < -0.3 is 9.15 Å². The van der Waals surface area contributed by atoms with Gasteiger partial charge in [-0.2, -0.15) is 0 Å². The van der Waals surface area contributed by atoms with E-state index in [9.17, 15) is 9.59 Å². The minimum Gasteiger partial charge on any atom is -0.471 e. The maximum atomic E-state index is 12.4. The first-order chi connectivity index (χ1) is 11.5. The highest BCUT2D eigenvalue weighted by atomic mass is 16.5. The lowest BCUT2D eigenvalue weighted by Gasteiger charge is -2.18. The van der Waals surface area contributed by atoms with Crippen molar-refractivity contribution in [1.82, 2.24) is 5.32 Å². The molecule has 1 atom stereocenters. The van der Waals surface area contributed by atoms with Crippen LogP contribution in [0, 0.1) is 0 Å². The number of hydrogen-bond donors (Lipinski definition) is 1. The third-order valence-electron chi connectivity index (χ3n) is 3.63. The smallest absolute Gasteiger partial charge is 0.335 e. The summed E-state index contributed by atoms with van der Waals surface area (Å²) in [5.41, 5.74) is 1.50. The minimum atomic E-state index is -0.469. The number of aryl methyl sites for hydroxylation is 1. The zero-order valence-corrected chi connectivity index (χ0v) is 14.0. The molecule has 5 nitrogen and oxygen atoms in total.